The monoisotopic (exact) mass is 1510 g/mol. The zero-order chi connectivity index (χ0) is 76.6. The number of hydrogen-bond donors (Lipinski definition) is 4. The third kappa shape index (κ3) is 80.3. The standard InChI is InChI=1S/C87H148O16P2/c1-4-7-10-13-16-19-22-25-27-29-31-33-35-36-37-38-39-40-41-42-43-44-46-48-49-51-53-56-58-61-64-67-70-73-85(90)97-76-82(88)77-99-104(93,94)100-78-83(89)79-101-105(95,96)102-81-84(103-87(92)75-72-69-66-63-60-55-24-21-18-15-12-9-6-3)80-98-86(91)74-71-68-65-62-59-57-54-52-50-47-45-34-32-30-28-26-23-20-17-14-11-8-5-2/h7-8,10-11,16-17,19-20,25-28,31-34,36-37,39-40,47,50,54,57,82-84,88-89H,4-6,9,12-15,18,21-24,29-30,35,38,41-46,48-49,51-53,55-56,58-81H2,1-3H3,(H,93,94)(H,95,96)/b10-7-,11-8-,19-16-,20-17-,27-25-,28-26-,33-31-,34-32-,37-36-,40-39-,50-47-,57-54-. The highest BCUT2D eigenvalue weighted by Gasteiger charge is 2.29. The van der Waals surface area contributed by atoms with E-state index >= 15 is 0 Å². The number of carbonyl (C=O) groups is 3. The minimum atomic E-state index is -4.94. The van der Waals surface area contributed by atoms with Gasteiger partial charge in [-0.25, -0.2) is 9.13 Å². The minimum Gasteiger partial charge on any atom is -0.463 e. The molecule has 0 rings (SSSR count). The lowest BCUT2D eigenvalue weighted by molar-refractivity contribution is -0.161. The van der Waals surface area contributed by atoms with Gasteiger partial charge in [-0.05, 0) is 122 Å². The second kappa shape index (κ2) is 79.0. The quantitative estimate of drug-likeness (QED) is 0.0146. The Bertz CT molecular complexity index is 2490. The largest absolute Gasteiger partial charge is 0.472 e. The van der Waals surface area contributed by atoms with Gasteiger partial charge in [0.1, 0.15) is 25.4 Å². The van der Waals surface area contributed by atoms with E-state index in [1.165, 1.54) is 116 Å². The SMILES string of the molecule is CC/C=C\C/C=C\C/C=C\C/C=C\C/C=C\C/C=C\CCCCCCCCCCCCCCCCC(=O)OCC(O)COP(=O)(O)OCC(O)COP(=O)(O)OCC(COC(=O)CCCCCC/C=C\C/C=C\C/C=C\C/C=C\C/C=C\C/C=C\CC)OC(=O)CCCCCCCCCCCCCCC. The minimum absolute atomic E-state index is 0.0989. The lowest BCUT2D eigenvalue weighted by atomic mass is 10.0. The van der Waals surface area contributed by atoms with Gasteiger partial charge in [0, 0.05) is 19.3 Å². The number of allylic oxidation sites excluding steroid dienone is 24. The van der Waals surface area contributed by atoms with Crippen molar-refractivity contribution in [2.45, 2.75) is 347 Å². The fraction of sp³-hybridized carbons (Fsp3) is 0.690. The molecule has 16 nitrogen and oxygen atoms in total. The van der Waals surface area contributed by atoms with Crippen LogP contribution in [-0.4, -0.2) is 95.9 Å². The topological polar surface area (TPSA) is 231 Å². The normalized spacial score (nSPS) is 14.7. The first-order valence-electron chi connectivity index (χ1n) is 41.1. The van der Waals surface area contributed by atoms with Crippen molar-refractivity contribution in [1.29, 1.82) is 0 Å². The van der Waals surface area contributed by atoms with Crippen LogP contribution < -0.4 is 0 Å². The molecule has 0 saturated carbocycles. The Morgan fingerprint density at radius 1 is 0.276 bits per heavy atom. The van der Waals surface area contributed by atoms with Crippen LogP contribution in [0.3, 0.4) is 0 Å². The Morgan fingerprint density at radius 2 is 0.505 bits per heavy atom. The molecule has 0 aliphatic heterocycles. The second-order valence-electron chi connectivity index (χ2n) is 27.2. The van der Waals surface area contributed by atoms with Crippen molar-refractivity contribution in [3.63, 3.8) is 0 Å². The van der Waals surface area contributed by atoms with Crippen molar-refractivity contribution < 1.29 is 75.8 Å². The molecule has 105 heavy (non-hydrogen) atoms. The van der Waals surface area contributed by atoms with Crippen LogP contribution in [0, 0.1) is 0 Å². The summed E-state index contributed by atoms with van der Waals surface area (Å²) in [7, 11) is -9.80. The summed E-state index contributed by atoms with van der Waals surface area (Å²) in [5.41, 5.74) is 0. The fourth-order valence-corrected chi connectivity index (χ4v) is 12.5. The second-order valence-corrected chi connectivity index (χ2v) is 30.1. The van der Waals surface area contributed by atoms with Crippen LogP contribution >= 0.6 is 15.6 Å². The first-order chi connectivity index (χ1) is 51.2. The zero-order valence-corrected chi connectivity index (χ0v) is 67.6. The number of hydrogen-bond acceptors (Lipinski definition) is 14. The Kier molecular flexibility index (Phi) is 75.6. The molecule has 18 heteroatoms. The van der Waals surface area contributed by atoms with E-state index < -0.39 is 91.5 Å². The number of phosphoric ester groups is 2. The number of rotatable bonds is 77. The molecule has 0 aromatic rings. The molecule has 0 spiro atoms. The maximum Gasteiger partial charge on any atom is 0.472 e. The lowest BCUT2D eigenvalue weighted by Crippen LogP contribution is -2.30. The molecule has 0 aromatic heterocycles. The van der Waals surface area contributed by atoms with Gasteiger partial charge in [0.2, 0.25) is 0 Å². The summed E-state index contributed by atoms with van der Waals surface area (Å²) in [6.07, 6.45) is 97.6. The molecule has 0 aliphatic rings. The maximum absolute atomic E-state index is 13.0. The summed E-state index contributed by atoms with van der Waals surface area (Å²) in [6.45, 7) is 2.44. The Balaban J connectivity index is 4.46. The van der Waals surface area contributed by atoms with Crippen LogP contribution in [0.2, 0.25) is 0 Å². The molecule has 0 aliphatic carbocycles. The van der Waals surface area contributed by atoms with Crippen molar-refractivity contribution in [2.24, 2.45) is 0 Å². The summed E-state index contributed by atoms with van der Waals surface area (Å²) in [5, 5.41) is 20.7. The number of ether oxygens (including phenoxy) is 3. The first kappa shape index (κ1) is 100. The molecule has 4 N–H and O–H groups in total. The van der Waals surface area contributed by atoms with E-state index in [2.05, 4.69) is 167 Å². The molecule has 5 atom stereocenters. The van der Waals surface area contributed by atoms with E-state index in [9.17, 15) is 43.5 Å². The zero-order valence-electron chi connectivity index (χ0n) is 65.9. The van der Waals surface area contributed by atoms with E-state index in [0.29, 0.717) is 19.3 Å². The number of aliphatic hydroxyl groups is 2. The van der Waals surface area contributed by atoms with Gasteiger partial charge in [-0.2, -0.15) is 0 Å². The molecule has 602 valence electrons. The molecule has 0 saturated heterocycles. The first-order valence-corrected chi connectivity index (χ1v) is 44.1. The number of unbranched alkanes of at least 4 members (excludes halogenated alkanes) is 30. The van der Waals surface area contributed by atoms with E-state index in [1.54, 1.807) is 0 Å². The van der Waals surface area contributed by atoms with Gasteiger partial charge in [0.05, 0.1) is 26.4 Å². The Labute approximate surface area is 638 Å². The van der Waals surface area contributed by atoms with Crippen LogP contribution in [0.5, 0.6) is 0 Å². The van der Waals surface area contributed by atoms with E-state index in [-0.39, 0.29) is 19.3 Å². The predicted octanol–water partition coefficient (Wildman–Crippen LogP) is 24.4. The van der Waals surface area contributed by atoms with E-state index in [1.807, 2.05) is 0 Å². The van der Waals surface area contributed by atoms with E-state index in [0.717, 1.165) is 154 Å². The van der Waals surface area contributed by atoms with Gasteiger partial charge in [-0.15, -0.1) is 0 Å². The highest BCUT2D eigenvalue weighted by atomic mass is 31.2. The molecular formula is C87H148O16P2. The van der Waals surface area contributed by atoms with Crippen LogP contribution in [-0.2, 0) is 55.8 Å². The predicted molar refractivity (Wildman–Crippen MR) is 436 cm³/mol. The van der Waals surface area contributed by atoms with Crippen molar-refractivity contribution in [3.8, 4) is 0 Å². The number of carbonyl (C=O) groups excluding carboxylic acids is 3. The van der Waals surface area contributed by atoms with E-state index in [4.69, 9.17) is 32.3 Å². The Hall–Kier alpha value is -4.57. The van der Waals surface area contributed by atoms with Crippen molar-refractivity contribution in [2.75, 3.05) is 39.6 Å². The van der Waals surface area contributed by atoms with Gasteiger partial charge in [-0.1, -0.05) is 334 Å². The van der Waals surface area contributed by atoms with Gasteiger partial charge in [0.15, 0.2) is 6.10 Å². The van der Waals surface area contributed by atoms with Crippen LogP contribution in [0.25, 0.3) is 0 Å². The van der Waals surface area contributed by atoms with Crippen LogP contribution in [0.15, 0.2) is 146 Å². The Morgan fingerprint density at radius 3 is 0.800 bits per heavy atom. The molecule has 0 heterocycles. The van der Waals surface area contributed by atoms with Crippen molar-refractivity contribution >= 4 is 33.6 Å². The average molecular weight is 1510 g/mol. The van der Waals surface area contributed by atoms with Gasteiger partial charge < -0.3 is 34.2 Å². The van der Waals surface area contributed by atoms with Crippen molar-refractivity contribution in [1.82, 2.24) is 0 Å². The molecule has 0 radical (unpaired) electrons. The average Bonchev–Trinajstić information content (AvgIpc) is 1.00. The number of aliphatic hydroxyl groups excluding tert-OH is 2. The summed E-state index contributed by atoms with van der Waals surface area (Å²) >= 11 is 0. The van der Waals surface area contributed by atoms with Gasteiger partial charge >= 0.3 is 33.6 Å². The molecule has 5 unspecified atom stereocenters. The van der Waals surface area contributed by atoms with Crippen LogP contribution in [0.1, 0.15) is 329 Å². The molecule has 0 fully saturated rings. The third-order valence-electron chi connectivity index (χ3n) is 17.1. The molecule has 0 aromatic carbocycles. The third-order valence-corrected chi connectivity index (χ3v) is 19.0. The summed E-state index contributed by atoms with van der Waals surface area (Å²) in [6, 6.07) is 0. The van der Waals surface area contributed by atoms with Gasteiger partial charge in [0.25, 0.3) is 0 Å². The summed E-state index contributed by atoms with van der Waals surface area (Å²) in [5.74, 6) is -1.60. The molecule has 0 amide bonds. The lowest BCUT2D eigenvalue weighted by Gasteiger charge is -2.21. The fourth-order valence-electron chi connectivity index (χ4n) is 10.9. The van der Waals surface area contributed by atoms with Crippen molar-refractivity contribution in [3.05, 3.63) is 146 Å². The number of esters is 3. The maximum atomic E-state index is 13.0. The van der Waals surface area contributed by atoms with Gasteiger partial charge in [-0.3, -0.25) is 32.5 Å². The molecular weight excluding hydrogens is 1360 g/mol. The number of phosphoric acid groups is 2. The van der Waals surface area contributed by atoms with Crippen LogP contribution in [0.4, 0.5) is 0 Å². The summed E-state index contributed by atoms with van der Waals surface area (Å²) in [4.78, 5) is 58.7. The smallest absolute Gasteiger partial charge is 0.463 e. The molecule has 0 bridgehead atoms. The summed E-state index contributed by atoms with van der Waals surface area (Å²) < 4.78 is 61.2. The highest BCUT2D eigenvalue weighted by Crippen LogP contribution is 2.45. The highest BCUT2D eigenvalue weighted by molar-refractivity contribution is 7.47.